The van der Waals surface area contributed by atoms with Crippen LogP contribution in [0.15, 0.2) is 51.9 Å². The number of benzene rings is 2. The van der Waals surface area contributed by atoms with Crippen LogP contribution in [0.25, 0.3) is 0 Å². The highest BCUT2D eigenvalue weighted by atomic mass is 32.2. The van der Waals surface area contributed by atoms with Gasteiger partial charge in [0.25, 0.3) is 0 Å². The SMILES string of the molecule is COc1ccc(/C=N/NC(=O)C(=O)Nc2ccc(CC#N)cc2)cc1CSc1nnc(C)s1. The number of hydrazone groups is 1. The molecule has 33 heavy (non-hydrogen) atoms. The van der Waals surface area contributed by atoms with Gasteiger partial charge in [0, 0.05) is 17.0 Å². The van der Waals surface area contributed by atoms with Gasteiger partial charge in [0.1, 0.15) is 10.8 Å². The van der Waals surface area contributed by atoms with Gasteiger partial charge in [-0.1, -0.05) is 35.2 Å². The number of methoxy groups -OCH3 is 1. The van der Waals surface area contributed by atoms with Crippen molar-refractivity contribution in [2.75, 3.05) is 12.4 Å². The number of rotatable bonds is 8. The van der Waals surface area contributed by atoms with E-state index in [-0.39, 0.29) is 6.42 Å². The molecular weight excluding hydrogens is 460 g/mol. The number of carbonyl (C=O) groups excluding carboxylic acids is 2. The molecule has 0 saturated carbocycles. The highest BCUT2D eigenvalue weighted by Gasteiger charge is 2.13. The first kappa shape index (κ1) is 23.9. The zero-order chi connectivity index (χ0) is 23.6. The van der Waals surface area contributed by atoms with Gasteiger partial charge in [-0.15, -0.1) is 10.2 Å². The second-order valence-corrected chi connectivity index (χ2v) is 9.04. The third-order valence-corrected chi connectivity index (χ3v) is 6.26. The lowest BCUT2D eigenvalue weighted by atomic mass is 10.1. The number of nitrogens with zero attached hydrogens (tertiary/aromatic N) is 4. The molecule has 11 heteroatoms. The number of thioether (sulfide) groups is 1. The molecule has 0 aliphatic heterocycles. The topological polar surface area (TPSA) is 129 Å². The minimum Gasteiger partial charge on any atom is -0.496 e. The minimum atomic E-state index is -0.900. The van der Waals surface area contributed by atoms with Crippen molar-refractivity contribution in [2.45, 2.75) is 23.4 Å². The third-order valence-electron chi connectivity index (χ3n) is 4.24. The van der Waals surface area contributed by atoms with Gasteiger partial charge in [0.2, 0.25) is 0 Å². The van der Waals surface area contributed by atoms with Crippen LogP contribution in [0.2, 0.25) is 0 Å². The van der Waals surface area contributed by atoms with Gasteiger partial charge in [0.05, 0.1) is 25.8 Å². The van der Waals surface area contributed by atoms with Gasteiger partial charge in [-0.2, -0.15) is 10.4 Å². The highest BCUT2D eigenvalue weighted by molar-refractivity contribution is 8.00. The largest absolute Gasteiger partial charge is 0.496 e. The van der Waals surface area contributed by atoms with E-state index in [0.717, 1.165) is 31.8 Å². The Morgan fingerprint density at radius 1 is 1.21 bits per heavy atom. The molecule has 1 aromatic heterocycles. The molecule has 9 nitrogen and oxygen atoms in total. The molecule has 2 N–H and O–H groups in total. The zero-order valence-electron chi connectivity index (χ0n) is 17.9. The van der Waals surface area contributed by atoms with Crippen LogP contribution in [-0.2, 0) is 21.8 Å². The Morgan fingerprint density at radius 2 is 2.00 bits per heavy atom. The Labute approximate surface area is 198 Å². The van der Waals surface area contributed by atoms with Crippen molar-refractivity contribution in [2.24, 2.45) is 5.10 Å². The minimum absolute atomic E-state index is 0.275. The predicted octanol–water partition coefficient (Wildman–Crippen LogP) is 3.30. The Hall–Kier alpha value is -3.75. The predicted molar refractivity (Wildman–Crippen MR) is 127 cm³/mol. The monoisotopic (exact) mass is 480 g/mol. The second kappa shape index (κ2) is 11.8. The fraction of sp³-hybridized carbons (Fsp3) is 0.182. The smallest absolute Gasteiger partial charge is 0.329 e. The van der Waals surface area contributed by atoms with E-state index in [2.05, 4.69) is 26.0 Å². The molecule has 3 rings (SSSR count). The highest BCUT2D eigenvalue weighted by Crippen LogP contribution is 2.30. The van der Waals surface area contributed by atoms with Crippen molar-refractivity contribution in [3.8, 4) is 11.8 Å². The van der Waals surface area contributed by atoms with Crippen molar-refractivity contribution in [1.82, 2.24) is 15.6 Å². The number of nitriles is 1. The Balaban J connectivity index is 1.56. The van der Waals surface area contributed by atoms with E-state index >= 15 is 0 Å². The number of ether oxygens (including phenoxy) is 1. The number of hydrogen-bond donors (Lipinski definition) is 2. The van der Waals surface area contributed by atoms with Crippen molar-refractivity contribution in [1.29, 1.82) is 5.26 Å². The first-order valence-electron chi connectivity index (χ1n) is 9.68. The van der Waals surface area contributed by atoms with Crippen LogP contribution >= 0.6 is 23.1 Å². The van der Waals surface area contributed by atoms with Gasteiger partial charge in [-0.25, -0.2) is 5.43 Å². The fourth-order valence-corrected chi connectivity index (χ4v) is 4.46. The maximum Gasteiger partial charge on any atom is 0.329 e. The summed E-state index contributed by atoms with van der Waals surface area (Å²) < 4.78 is 6.28. The molecule has 2 aromatic carbocycles. The summed E-state index contributed by atoms with van der Waals surface area (Å²) in [6.45, 7) is 1.90. The van der Waals surface area contributed by atoms with Crippen molar-refractivity contribution in [3.63, 3.8) is 0 Å². The summed E-state index contributed by atoms with van der Waals surface area (Å²) in [7, 11) is 1.60. The molecular formula is C22H20N6O3S2. The molecule has 0 aliphatic carbocycles. The summed E-state index contributed by atoms with van der Waals surface area (Å²) in [4.78, 5) is 24.1. The van der Waals surface area contributed by atoms with E-state index in [0.29, 0.717) is 11.4 Å². The van der Waals surface area contributed by atoms with Crippen LogP contribution in [-0.4, -0.2) is 35.3 Å². The lowest BCUT2D eigenvalue weighted by Gasteiger charge is -2.08. The summed E-state index contributed by atoms with van der Waals surface area (Å²) in [5.41, 5.74) is 5.15. The number of hydrogen-bond acceptors (Lipinski definition) is 9. The average molecular weight is 481 g/mol. The van der Waals surface area contributed by atoms with Gasteiger partial charge in [-0.3, -0.25) is 9.59 Å². The molecule has 0 spiro atoms. The second-order valence-electron chi connectivity index (χ2n) is 6.63. The van der Waals surface area contributed by atoms with E-state index in [4.69, 9.17) is 10.00 Å². The normalized spacial score (nSPS) is 10.6. The molecule has 0 bridgehead atoms. The fourth-order valence-electron chi connectivity index (χ4n) is 2.67. The number of anilines is 1. The molecule has 3 aromatic rings. The van der Waals surface area contributed by atoms with Gasteiger partial charge in [0.15, 0.2) is 4.34 Å². The lowest BCUT2D eigenvalue weighted by molar-refractivity contribution is -0.136. The molecule has 0 aliphatic rings. The Morgan fingerprint density at radius 3 is 2.67 bits per heavy atom. The molecule has 1 heterocycles. The molecule has 0 unspecified atom stereocenters. The van der Waals surface area contributed by atoms with Crippen LogP contribution in [0.4, 0.5) is 5.69 Å². The molecule has 0 radical (unpaired) electrons. The van der Waals surface area contributed by atoms with Crippen LogP contribution in [0.5, 0.6) is 5.75 Å². The molecule has 0 fully saturated rings. The van der Waals surface area contributed by atoms with Crippen LogP contribution in [0, 0.1) is 18.3 Å². The van der Waals surface area contributed by atoms with Crippen LogP contribution < -0.4 is 15.5 Å². The number of carbonyl (C=O) groups is 2. The lowest BCUT2D eigenvalue weighted by Crippen LogP contribution is -2.32. The standard InChI is InChI=1S/C22H20N6O3S2/c1-14-26-28-22(33-14)32-13-17-11-16(5-8-19(17)31-2)12-24-27-21(30)20(29)25-18-6-3-15(4-7-18)9-10-23/h3-8,11-12H,9,13H2,1-2H3,(H,25,29)(H,27,30)/b24-12+. The number of aromatic nitrogens is 2. The zero-order valence-corrected chi connectivity index (χ0v) is 19.5. The first-order chi connectivity index (χ1) is 16.0. The first-order valence-corrected chi connectivity index (χ1v) is 11.5. The van der Waals surface area contributed by atoms with Crippen LogP contribution in [0.1, 0.15) is 21.7 Å². The summed E-state index contributed by atoms with van der Waals surface area (Å²) in [5, 5.41) is 24.1. The average Bonchev–Trinajstić information content (AvgIpc) is 3.24. The van der Waals surface area contributed by atoms with E-state index < -0.39 is 11.8 Å². The summed E-state index contributed by atoms with van der Waals surface area (Å²) in [5.74, 6) is -0.394. The van der Waals surface area contributed by atoms with E-state index in [9.17, 15) is 9.59 Å². The number of aryl methyl sites for hydroxylation is 1. The molecule has 0 atom stereocenters. The third kappa shape index (κ3) is 7.13. The maximum absolute atomic E-state index is 12.0. The van der Waals surface area contributed by atoms with E-state index in [1.54, 1.807) is 49.2 Å². The van der Waals surface area contributed by atoms with Gasteiger partial charge in [-0.05, 0) is 48.4 Å². The summed E-state index contributed by atoms with van der Waals surface area (Å²) >= 11 is 3.07. The Kier molecular flexibility index (Phi) is 8.51. The van der Waals surface area contributed by atoms with Crippen molar-refractivity contribution >= 4 is 46.8 Å². The van der Waals surface area contributed by atoms with Crippen molar-refractivity contribution < 1.29 is 14.3 Å². The molecule has 168 valence electrons. The van der Waals surface area contributed by atoms with E-state index in [1.807, 2.05) is 25.1 Å². The maximum atomic E-state index is 12.0. The molecule has 0 saturated heterocycles. The quantitative estimate of drug-likeness (QED) is 0.219. The number of amides is 2. The van der Waals surface area contributed by atoms with Crippen LogP contribution in [0.3, 0.4) is 0 Å². The van der Waals surface area contributed by atoms with Gasteiger partial charge < -0.3 is 10.1 Å². The Bertz CT molecular complexity index is 1200. The number of nitrogens with one attached hydrogen (secondary N) is 2. The van der Waals surface area contributed by atoms with Crippen molar-refractivity contribution in [3.05, 3.63) is 64.2 Å². The summed E-state index contributed by atoms with van der Waals surface area (Å²) in [6, 6.07) is 14.2. The molecule has 2 amide bonds. The van der Waals surface area contributed by atoms with Gasteiger partial charge >= 0.3 is 11.8 Å². The van der Waals surface area contributed by atoms with E-state index in [1.165, 1.54) is 17.6 Å². The summed E-state index contributed by atoms with van der Waals surface area (Å²) in [6.07, 6.45) is 1.72.